The molecule has 90 valence electrons. The Morgan fingerprint density at radius 1 is 1.31 bits per heavy atom. The van der Waals surface area contributed by atoms with Crippen LogP contribution in [0.5, 0.6) is 0 Å². The molecule has 16 heavy (non-hydrogen) atoms. The molecule has 0 aliphatic carbocycles. The zero-order valence-electron chi connectivity index (χ0n) is 8.61. The van der Waals surface area contributed by atoms with Crippen LogP contribution >= 0.6 is 16.1 Å². The summed E-state index contributed by atoms with van der Waals surface area (Å²) in [6.45, 7) is 2.19. The van der Waals surface area contributed by atoms with Gasteiger partial charge in [-0.2, -0.15) is 8.42 Å². The lowest BCUT2D eigenvalue weighted by Gasteiger charge is -2.15. The normalized spacial score (nSPS) is 14.6. The van der Waals surface area contributed by atoms with Gasteiger partial charge in [-0.05, 0) is 24.1 Å². The highest BCUT2D eigenvalue weighted by Crippen LogP contribution is 2.11. The van der Waals surface area contributed by atoms with Gasteiger partial charge in [0.1, 0.15) is 0 Å². The highest BCUT2D eigenvalue weighted by Gasteiger charge is 2.05. The Balaban J connectivity index is 0.000000187. The van der Waals surface area contributed by atoms with Crippen LogP contribution in [-0.2, 0) is 23.2 Å². The third-order valence-electron chi connectivity index (χ3n) is 2.11. The molecule has 0 saturated heterocycles. The second-order valence-corrected chi connectivity index (χ2v) is 5.53. The van der Waals surface area contributed by atoms with Crippen molar-refractivity contribution in [2.24, 2.45) is 5.14 Å². The number of hydrogen-bond donors (Lipinski definition) is 3. The molecule has 4 N–H and O–H groups in total. The van der Waals surface area contributed by atoms with Crippen LogP contribution in [0.25, 0.3) is 0 Å². The molecule has 1 heterocycles. The van der Waals surface area contributed by atoms with E-state index in [1.165, 1.54) is 17.5 Å². The van der Waals surface area contributed by atoms with Crippen molar-refractivity contribution in [3.05, 3.63) is 35.4 Å². The van der Waals surface area contributed by atoms with Crippen molar-refractivity contribution in [3.8, 4) is 0 Å². The average molecular weight is 308 g/mol. The predicted octanol–water partition coefficient (Wildman–Crippen LogP) is 0.422. The topological polar surface area (TPSA) is 84.2 Å². The van der Waals surface area contributed by atoms with Crippen molar-refractivity contribution >= 4 is 26.4 Å². The molecule has 1 aliphatic rings. The molecule has 1 aliphatic heterocycles. The van der Waals surface area contributed by atoms with Gasteiger partial charge in [-0.15, -0.1) is 3.75 Å². The van der Waals surface area contributed by atoms with Crippen molar-refractivity contribution in [1.82, 2.24) is 9.06 Å². The van der Waals surface area contributed by atoms with E-state index in [9.17, 15) is 8.42 Å². The third kappa shape index (κ3) is 5.04. The van der Waals surface area contributed by atoms with Gasteiger partial charge in [0.15, 0.2) is 0 Å². The first-order chi connectivity index (χ1) is 7.53. The molecule has 0 unspecified atom stereocenters. The SMILES string of the molecule is NS(=O)(=O)NBr.c1ccc2c(c1)CCNC2. The molecule has 5 nitrogen and oxygen atoms in total. The summed E-state index contributed by atoms with van der Waals surface area (Å²) in [5.74, 6) is 0. The second kappa shape index (κ2) is 6.31. The molecule has 0 amide bonds. The van der Waals surface area contributed by atoms with Crippen LogP contribution in [0.2, 0.25) is 0 Å². The number of hydrogen-bond acceptors (Lipinski definition) is 3. The molecule has 0 aromatic heterocycles. The first kappa shape index (κ1) is 13.6. The lowest BCUT2D eigenvalue weighted by molar-refractivity contribution is 0.597. The zero-order valence-corrected chi connectivity index (χ0v) is 11.0. The van der Waals surface area contributed by atoms with Crippen molar-refractivity contribution < 1.29 is 8.42 Å². The van der Waals surface area contributed by atoms with E-state index in [0.29, 0.717) is 0 Å². The van der Waals surface area contributed by atoms with Gasteiger partial charge < -0.3 is 5.32 Å². The Morgan fingerprint density at radius 3 is 2.38 bits per heavy atom. The van der Waals surface area contributed by atoms with E-state index in [-0.39, 0.29) is 0 Å². The molecule has 1 aromatic rings. The highest BCUT2D eigenvalue weighted by molar-refractivity contribution is 9.09. The second-order valence-electron chi connectivity index (χ2n) is 3.32. The van der Waals surface area contributed by atoms with Gasteiger partial charge in [0.25, 0.3) is 10.2 Å². The van der Waals surface area contributed by atoms with E-state index in [1.807, 2.05) is 0 Å². The molecular formula is C9H14BrN3O2S. The van der Waals surface area contributed by atoms with Gasteiger partial charge in [0.2, 0.25) is 0 Å². The Morgan fingerprint density at radius 2 is 1.88 bits per heavy atom. The van der Waals surface area contributed by atoms with Gasteiger partial charge in [-0.3, -0.25) is 0 Å². The minimum Gasteiger partial charge on any atom is -0.312 e. The maximum Gasteiger partial charge on any atom is 0.283 e. The number of nitrogens with two attached hydrogens (primary N) is 1. The van der Waals surface area contributed by atoms with E-state index in [4.69, 9.17) is 0 Å². The molecule has 0 radical (unpaired) electrons. The van der Waals surface area contributed by atoms with Crippen molar-refractivity contribution in [1.29, 1.82) is 0 Å². The molecule has 0 fully saturated rings. The van der Waals surface area contributed by atoms with Crippen LogP contribution in [0.15, 0.2) is 24.3 Å². The van der Waals surface area contributed by atoms with Crippen LogP contribution in [0.1, 0.15) is 11.1 Å². The van der Waals surface area contributed by atoms with E-state index in [0.717, 1.165) is 13.1 Å². The summed E-state index contributed by atoms with van der Waals surface area (Å²) in [6.07, 6.45) is 1.19. The van der Waals surface area contributed by atoms with Crippen LogP contribution in [0.4, 0.5) is 0 Å². The number of nitrogens with one attached hydrogen (secondary N) is 2. The van der Waals surface area contributed by atoms with Crippen molar-refractivity contribution in [2.45, 2.75) is 13.0 Å². The first-order valence-electron chi connectivity index (χ1n) is 4.70. The summed E-state index contributed by atoms with van der Waals surface area (Å²) in [7, 11) is -3.50. The zero-order chi connectivity index (χ0) is 12.0. The van der Waals surface area contributed by atoms with E-state index in [1.54, 1.807) is 3.75 Å². The Kier molecular flexibility index (Phi) is 5.36. The van der Waals surface area contributed by atoms with Gasteiger partial charge in [-0.1, -0.05) is 24.3 Å². The quantitative estimate of drug-likeness (QED) is 0.658. The number of rotatable bonds is 1. The lowest BCUT2D eigenvalue weighted by Crippen LogP contribution is -2.23. The van der Waals surface area contributed by atoms with E-state index < -0.39 is 10.2 Å². The smallest absolute Gasteiger partial charge is 0.283 e. The minimum absolute atomic E-state index is 1.05. The summed E-state index contributed by atoms with van der Waals surface area (Å²) in [5.41, 5.74) is 2.98. The maximum absolute atomic E-state index is 9.62. The van der Waals surface area contributed by atoms with Gasteiger partial charge in [0.05, 0.1) is 0 Å². The fourth-order valence-electron chi connectivity index (χ4n) is 1.42. The number of halogens is 1. The van der Waals surface area contributed by atoms with Gasteiger partial charge >= 0.3 is 0 Å². The molecule has 0 atom stereocenters. The van der Waals surface area contributed by atoms with E-state index >= 15 is 0 Å². The molecular weight excluding hydrogens is 294 g/mol. The minimum atomic E-state index is -3.50. The first-order valence-corrected chi connectivity index (χ1v) is 7.04. The molecule has 0 bridgehead atoms. The summed E-state index contributed by atoms with van der Waals surface area (Å²) in [6, 6.07) is 8.63. The Hall–Kier alpha value is -0.470. The van der Waals surface area contributed by atoms with Crippen LogP contribution in [0, 0.1) is 0 Å². The molecule has 0 saturated carbocycles. The number of fused-ring (bicyclic) bond motifs is 1. The summed E-state index contributed by atoms with van der Waals surface area (Å²) < 4.78 is 20.9. The van der Waals surface area contributed by atoms with Crippen LogP contribution in [-0.4, -0.2) is 15.0 Å². The third-order valence-corrected chi connectivity index (χ3v) is 3.68. The van der Waals surface area contributed by atoms with Gasteiger partial charge in [0, 0.05) is 22.7 Å². The largest absolute Gasteiger partial charge is 0.312 e. The lowest BCUT2D eigenvalue weighted by atomic mass is 10.0. The average Bonchev–Trinajstić information content (AvgIpc) is 2.29. The van der Waals surface area contributed by atoms with Gasteiger partial charge in [-0.25, -0.2) is 5.14 Å². The summed E-state index contributed by atoms with van der Waals surface area (Å²) in [5, 5.41) is 7.69. The fraction of sp³-hybridized carbons (Fsp3) is 0.333. The predicted molar refractivity (Wildman–Crippen MR) is 67.0 cm³/mol. The Labute approximate surface area is 104 Å². The number of benzene rings is 1. The molecule has 0 spiro atoms. The Bertz CT molecular complexity index is 411. The molecule has 1 aromatic carbocycles. The van der Waals surface area contributed by atoms with Crippen molar-refractivity contribution in [2.75, 3.05) is 6.54 Å². The van der Waals surface area contributed by atoms with E-state index in [2.05, 4.69) is 50.9 Å². The molecule has 2 rings (SSSR count). The summed E-state index contributed by atoms with van der Waals surface area (Å²) in [4.78, 5) is 0. The van der Waals surface area contributed by atoms with Crippen molar-refractivity contribution in [3.63, 3.8) is 0 Å². The maximum atomic E-state index is 9.62. The standard InChI is InChI=1S/C9H11N.BrH3N2O2S/c1-2-4-9-7-10-6-5-8(9)3-1;1-3-6(2,4)5/h1-4,10H,5-7H2;3H,(H2,2,4,5). The monoisotopic (exact) mass is 307 g/mol. The highest BCUT2D eigenvalue weighted by atomic mass is 79.9. The van der Waals surface area contributed by atoms with Crippen LogP contribution < -0.4 is 14.2 Å². The molecule has 7 heteroatoms. The fourth-order valence-corrected chi connectivity index (χ4v) is 1.42. The van der Waals surface area contributed by atoms with Crippen LogP contribution in [0.3, 0.4) is 0 Å². The summed E-state index contributed by atoms with van der Waals surface area (Å²) >= 11 is 2.41.